The van der Waals surface area contributed by atoms with Crippen LogP contribution in [0.5, 0.6) is 0 Å². The second kappa shape index (κ2) is 8.27. The number of carbonyl (C=O) groups excluding carboxylic acids is 1. The molecule has 0 saturated heterocycles. The summed E-state index contributed by atoms with van der Waals surface area (Å²) in [6.07, 6.45) is -3.28. The lowest BCUT2D eigenvalue weighted by Gasteiger charge is -2.13. The molecule has 0 fully saturated rings. The Labute approximate surface area is 178 Å². The average Bonchev–Trinajstić information content (AvgIpc) is 3.16. The number of aromatic nitrogens is 4. The van der Waals surface area contributed by atoms with Gasteiger partial charge in [-0.2, -0.15) is 23.4 Å². The van der Waals surface area contributed by atoms with Crippen LogP contribution in [0.4, 0.5) is 23.4 Å². The van der Waals surface area contributed by atoms with Gasteiger partial charge in [-0.05, 0) is 31.5 Å². The van der Waals surface area contributed by atoms with Crippen LogP contribution in [0, 0.1) is 12.7 Å². The van der Waals surface area contributed by atoms with E-state index in [1.165, 1.54) is 36.9 Å². The van der Waals surface area contributed by atoms with Gasteiger partial charge in [0.2, 0.25) is 5.91 Å². The van der Waals surface area contributed by atoms with Crippen molar-refractivity contribution in [3.8, 4) is 0 Å². The van der Waals surface area contributed by atoms with Gasteiger partial charge in [0.25, 0.3) is 0 Å². The normalized spacial score (nSPS) is 12.8. The van der Waals surface area contributed by atoms with Gasteiger partial charge >= 0.3 is 6.18 Å². The molecule has 0 aliphatic carbocycles. The fourth-order valence-corrected chi connectivity index (χ4v) is 3.16. The zero-order valence-electron chi connectivity index (χ0n) is 15.6. The predicted octanol–water partition coefficient (Wildman–Crippen LogP) is 5.10. The minimum absolute atomic E-state index is 0.000391. The molecule has 1 aromatic carbocycles. The van der Waals surface area contributed by atoms with Crippen LogP contribution < -0.4 is 5.32 Å². The number of nitrogens with zero attached hydrogens (tertiary/aromatic N) is 4. The number of nitrogens with one attached hydrogen (secondary N) is 1. The van der Waals surface area contributed by atoms with Crippen LogP contribution in [0.2, 0.25) is 10.0 Å². The first-order chi connectivity index (χ1) is 14.0. The van der Waals surface area contributed by atoms with Gasteiger partial charge in [-0.1, -0.05) is 35.3 Å². The van der Waals surface area contributed by atoms with E-state index in [2.05, 4.69) is 15.5 Å². The van der Waals surface area contributed by atoms with E-state index in [4.69, 9.17) is 23.2 Å². The molecule has 3 rings (SSSR count). The number of benzene rings is 1. The summed E-state index contributed by atoms with van der Waals surface area (Å²) in [7, 11) is 0. The summed E-state index contributed by atoms with van der Waals surface area (Å²) in [6.45, 7) is 2.97. The molecule has 12 heteroatoms. The lowest BCUT2D eigenvalue weighted by atomic mass is 10.2. The Hall–Kier alpha value is -2.59. The van der Waals surface area contributed by atoms with Crippen molar-refractivity contribution in [1.82, 2.24) is 19.6 Å². The largest absolute Gasteiger partial charge is 0.436 e. The molecule has 3 aromatic rings. The molecule has 2 aromatic heterocycles. The predicted molar refractivity (Wildman–Crippen MR) is 103 cm³/mol. The molecular weight excluding hydrogens is 449 g/mol. The summed E-state index contributed by atoms with van der Waals surface area (Å²) in [6, 6.07) is 4.65. The Morgan fingerprint density at radius 1 is 1.20 bits per heavy atom. The van der Waals surface area contributed by atoms with E-state index < -0.39 is 28.8 Å². The summed E-state index contributed by atoms with van der Waals surface area (Å²) in [4.78, 5) is 12.5. The Morgan fingerprint density at radius 2 is 1.83 bits per heavy atom. The first-order valence-corrected chi connectivity index (χ1v) is 9.33. The van der Waals surface area contributed by atoms with Crippen molar-refractivity contribution < 1.29 is 22.4 Å². The van der Waals surface area contributed by atoms with Crippen LogP contribution in [0.25, 0.3) is 0 Å². The molecule has 2 heterocycles. The molecule has 30 heavy (non-hydrogen) atoms. The van der Waals surface area contributed by atoms with E-state index >= 15 is 0 Å². The van der Waals surface area contributed by atoms with Gasteiger partial charge in [-0.15, -0.1) is 0 Å². The number of hydrogen-bond acceptors (Lipinski definition) is 3. The van der Waals surface area contributed by atoms with Crippen molar-refractivity contribution in [2.24, 2.45) is 0 Å². The van der Waals surface area contributed by atoms with Gasteiger partial charge < -0.3 is 5.32 Å². The monoisotopic (exact) mass is 463 g/mol. The van der Waals surface area contributed by atoms with E-state index in [-0.39, 0.29) is 28.9 Å². The number of rotatable bonds is 5. The highest BCUT2D eigenvalue weighted by atomic mass is 35.5. The van der Waals surface area contributed by atoms with Crippen molar-refractivity contribution in [2.75, 3.05) is 5.32 Å². The molecule has 0 spiro atoms. The van der Waals surface area contributed by atoms with Crippen molar-refractivity contribution in [3.05, 3.63) is 63.3 Å². The summed E-state index contributed by atoms with van der Waals surface area (Å²) in [5.74, 6) is -1.02. The van der Waals surface area contributed by atoms with Gasteiger partial charge in [0.15, 0.2) is 11.5 Å². The number of hydrogen-bond donors (Lipinski definition) is 1. The van der Waals surface area contributed by atoms with Crippen molar-refractivity contribution in [2.45, 2.75) is 32.6 Å². The van der Waals surface area contributed by atoms with E-state index in [1.54, 1.807) is 12.1 Å². The maximum absolute atomic E-state index is 13.0. The standard InChI is InChI=1S/C18H15Cl2F4N5O/c1-9-14(20)15(18(22,23)24)26-29(9)10(2)17(30)25-16-13(19)8-28(27-16)7-11-3-5-12(21)6-4-11/h3-6,8,10H,7H2,1-2H3,(H,25,27,30). The topological polar surface area (TPSA) is 64.7 Å². The van der Waals surface area contributed by atoms with Gasteiger partial charge in [0, 0.05) is 6.20 Å². The third-order valence-corrected chi connectivity index (χ3v) is 5.04. The maximum atomic E-state index is 13.0. The highest BCUT2D eigenvalue weighted by Crippen LogP contribution is 2.36. The molecule has 0 aliphatic rings. The zero-order chi connectivity index (χ0) is 22.2. The van der Waals surface area contributed by atoms with Crippen LogP contribution in [-0.2, 0) is 17.5 Å². The van der Waals surface area contributed by atoms with Crippen LogP contribution in [0.15, 0.2) is 30.5 Å². The van der Waals surface area contributed by atoms with Crippen LogP contribution in [0.1, 0.15) is 29.9 Å². The molecule has 6 nitrogen and oxygen atoms in total. The first-order valence-electron chi connectivity index (χ1n) is 8.57. The van der Waals surface area contributed by atoms with Crippen LogP contribution in [-0.4, -0.2) is 25.5 Å². The molecule has 1 N–H and O–H groups in total. The van der Waals surface area contributed by atoms with E-state index in [0.29, 0.717) is 0 Å². The third kappa shape index (κ3) is 4.59. The molecule has 0 saturated carbocycles. The maximum Gasteiger partial charge on any atom is 0.436 e. The fourth-order valence-electron chi connectivity index (χ4n) is 2.73. The van der Waals surface area contributed by atoms with Gasteiger partial charge in [0.1, 0.15) is 16.9 Å². The number of halogens is 6. The fraction of sp³-hybridized carbons (Fsp3) is 0.278. The highest BCUT2D eigenvalue weighted by molar-refractivity contribution is 6.33. The van der Waals surface area contributed by atoms with E-state index in [0.717, 1.165) is 10.2 Å². The molecular formula is C18H15Cl2F4N5O. The third-order valence-electron chi connectivity index (χ3n) is 4.31. The summed E-state index contributed by atoms with van der Waals surface area (Å²) < 4.78 is 54.3. The SMILES string of the molecule is Cc1c(Cl)c(C(F)(F)F)nn1C(C)C(=O)Nc1nn(Cc2ccc(F)cc2)cc1Cl. The van der Waals surface area contributed by atoms with E-state index in [9.17, 15) is 22.4 Å². The van der Waals surface area contributed by atoms with Crippen molar-refractivity contribution in [3.63, 3.8) is 0 Å². The molecule has 160 valence electrons. The number of anilines is 1. The lowest BCUT2D eigenvalue weighted by molar-refractivity contribution is -0.141. The second-order valence-corrected chi connectivity index (χ2v) is 7.29. The molecule has 1 unspecified atom stereocenters. The zero-order valence-corrected chi connectivity index (χ0v) is 17.1. The summed E-state index contributed by atoms with van der Waals surface area (Å²) >= 11 is 11.8. The van der Waals surface area contributed by atoms with Crippen molar-refractivity contribution in [1.29, 1.82) is 0 Å². The van der Waals surface area contributed by atoms with Crippen LogP contribution >= 0.6 is 23.2 Å². The Kier molecular flexibility index (Phi) is 6.09. The van der Waals surface area contributed by atoms with Crippen molar-refractivity contribution >= 4 is 34.9 Å². The molecule has 0 aliphatic heterocycles. The van der Waals surface area contributed by atoms with Gasteiger partial charge in [-0.3, -0.25) is 14.2 Å². The highest BCUT2D eigenvalue weighted by Gasteiger charge is 2.39. The summed E-state index contributed by atoms with van der Waals surface area (Å²) in [5, 5.41) is 9.63. The smallest absolute Gasteiger partial charge is 0.306 e. The molecule has 0 radical (unpaired) electrons. The van der Waals surface area contributed by atoms with Gasteiger partial charge in [-0.25, -0.2) is 4.39 Å². The number of amides is 1. The molecule has 1 amide bonds. The molecule has 0 bridgehead atoms. The summed E-state index contributed by atoms with van der Waals surface area (Å²) in [5.41, 5.74) is -0.509. The Bertz CT molecular complexity index is 1080. The van der Waals surface area contributed by atoms with E-state index in [1.807, 2.05) is 0 Å². The number of alkyl halides is 3. The Balaban J connectivity index is 1.76. The Morgan fingerprint density at radius 3 is 2.40 bits per heavy atom. The van der Waals surface area contributed by atoms with Crippen LogP contribution in [0.3, 0.4) is 0 Å². The minimum Gasteiger partial charge on any atom is -0.306 e. The van der Waals surface area contributed by atoms with Gasteiger partial charge in [0.05, 0.1) is 17.3 Å². The lowest BCUT2D eigenvalue weighted by Crippen LogP contribution is -2.26. The minimum atomic E-state index is -4.74. The number of carbonyl (C=O) groups is 1. The average molecular weight is 464 g/mol. The quantitative estimate of drug-likeness (QED) is 0.535. The first kappa shape index (κ1) is 22.1. The molecule has 1 atom stereocenters. The second-order valence-electron chi connectivity index (χ2n) is 6.51.